The van der Waals surface area contributed by atoms with E-state index in [9.17, 15) is 9.90 Å². The number of carboxylic acid groups (broad SMARTS) is 1. The molecule has 0 aromatic carbocycles. The van der Waals surface area contributed by atoms with Gasteiger partial charge in [0.05, 0.1) is 5.41 Å². The van der Waals surface area contributed by atoms with E-state index in [1.54, 1.807) is 0 Å². The SMILES string of the molecule is O=C(O)C1(C2CCCSC2)CCCCC1. The fourth-order valence-corrected chi connectivity index (χ4v) is 4.46. The highest BCUT2D eigenvalue weighted by molar-refractivity contribution is 7.99. The number of carboxylic acids is 1. The third-order valence-corrected chi connectivity index (χ3v) is 5.33. The van der Waals surface area contributed by atoms with E-state index in [1.165, 1.54) is 18.6 Å². The Kier molecular flexibility index (Phi) is 3.60. The first kappa shape index (κ1) is 11.3. The van der Waals surface area contributed by atoms with Crippen molar-refractivity contribution in [3.05, 3.63) is 0 Å². The predicted octanol–water partition coefficient (Wildman–Crippen LogP) is 3.16. The van der Waals surface area contributed by atoms with Gasteiger partial charge in [0.15, 0.2) is 0 Å². The largest absolute Gasteiger partial charge is 0.481 e. The quantitative estimate of drug-likeness (QED) is 0.789. The minimum Gasteiger partial charge on any atom is -0.481 e. The van der Waals surface area contributed by atoms with Crippen LogP contribution in [0, 0.1) is 11.3 Å². The van der Waals surface area contributed by atoms with Gasteiger partial charge in [0.2, 0.25) is 0 Å². The van der Waals surface area contributed by atoms with E-state index in [1.807, 2.05) is 11.8 Å². The van der Waals surface area contributed by atoms with Crippen molar-refractivity contribution in [2.45, 2.75) is 44.9 Å². The summed E-state index contributed by atoms with van der Waals surface area (Å²) in [4.78, 5) is 11.6. The van der Waals surface area contributed by atoms with Gasteiger partial charge >= 0.3 is 5.97 Å². The van der Waals surface area contributed by atoms with Gasteiger partial charge in [-0.3, -0.25) is 4.79 Å². The smallest absolute Gasteiger partial charge is 0.309 e. The van der Waals surface area contributed by atoms with Crippen molar-refractivity contribution in [2.24, 2.45) is 11.3 Å². The average Bonchev–Trinajstić information content (AvgIpc) is 2.31. The van der Waals surface area contributed by atoms with E-state index >= 15 is 0 Å². The van der Waals surface area contributed by atoms with Crippen LogP contribution in [-0.4, -0.2) is 22.6 Å². The van der Waals surface area contributed by atoms with Crippen molar-refractivity contribution in [1.29, 1.82) is 0 Å². The monoisotopic (exact) mass is 228 g/mol. The Bertz CT molecular complexity index is 228. The van der Waals surface area contributed by atoms with E-state index in [-0.39, 0.29) is 5.41 Å². The molecule has 0 aromatic rings. The molecule has 1 heterocycles. The molecule has 2 aliphatic rings. The van der Waals surface area contributed by atoms with E-state index < -0.39 is 5.97 Å². The minimum atomic E-state index is -0.519. The highest BCUT2D eigenvalue weighted by Gasteiger charge is 2.46. The van der Waals surface area contributed by atoms with Crippen LogP contribution in [0.4, 0.5) is 0 Å². The lowest BCUT2D eigenvalue weighted by Crippen LogP contribution is -2.42. The van der Waals surface area contributed by atoms with Crippen molar-refractivity contribution in [1.82, 2.24) is 0 Å². The summed E-state index contributed by atoms with van der Waals surface area (Å²) in [5.41, 5.74) is -0.355. The Labute approximate surface area is 95.8 Å². The molecule has 0 amide bonds. The van der Waals surface area contributed by atoms with Crippen molar-refractivity contribution < 1.29 is 9.90 Å². The molecule has 1 aliphatic heterocycles. The van der Waals surface area contributed by atoms with Crippen LogP contribution in [0.25, 0.3) is 0 Å². The molecule has 2 nitrogen and oxygen atoms in total. The van der Waals surface area contributed by atoms with Gasteiger partial charge in [0.1, 0.15) is 0 Å². The van der Waals surface area contributed by atoms with Gasteiger partial charge in [-0.05, 0) is 43.1 Å². The van der Waals surface area contributed by atoms with Gasteiger partial charge in [-0.1, -0.05) is 19.3 Å². The van der Waals surface area contributed by atoms with Crippen LogP contribution in [0.3, 0.4) is 0 Å². The van der Waals surface area contributed by atoms with Crippen molar-refractivity contribution >= 4 is 17.7 Å². The Morgan fingerprint density at radius 1 is 1.20 bits per heavy atom. The van der Waals surface area contributed by atoms with E-state index in [0.29, 0.717) is 5.92 Å². The number of carbonyl (C=O) groups is 1. The summed E-state index contributed by atoms with van der Waals surface area (Å²) in [5.74, 6) is 2.22. The van der Waals surface area contributed by atoms with Gasteiger partial charge in [-0.15, -0.1) is 0 Å². The Balaban J connectivity index is 2.12. The Hall–Kier alpha value is -0.180. The topological polar surface area (TPSA) is 37.3 Å². The molecular weight excluding hydrogens is 208 g/mol. The molecule has 2 fully saturated rings. The van der Waals surface area contributed by atoms with Crippen LogP contribution < -0.4 is 0 Å². The van der Waals surface area contributed by atoms with E-state index in [4.69, 9.17) is 0 Å². The molecule has 0 bridgehead atoms. The Morgan fingerprint density at radius 2 is 1.93 bits per heavy atom. The summed E-state index contributed by atoms with van der Waals surface area (Å²) >= 11 is 1.95. The fourth-order valence-electron chi connectivity index (χ4n) is 3.16. The number of hydrogen-bond donors (Lipinski definition) is 1. The summed E-state index contributed by atoms with van der Waals surface area (Å²) in [6.07, 6.45) is 7.67. The third kappa shape index (κ3) is 2.17. The zero-order chi connectivity index (χ0) is 10.7. The normalized spacial score (nSPS) is 31.1. The summed E-state index contributed by atoms with van der Waals surface area (Å²) < 4.78 is 0. The number of aliphatic carboxylic acids is 1. The van der Waals surface area contributed by atoms with Gasteiger partial charge < -0.3 is 5.11 Å². The predicted molar refractivity (Wildman–Crippen MR) is 63.2 cm³/mol. The summed E-state index contributed by atoms with van der Waals surface area (Å²) in [6, 6.07) is 0. The summed E-state index contributed by atoms with van der Waals surface area (Å²) in [6.45, 7) is 0. The van der Waals surface area contributed by atoms with Crippen LogP contribution in [0.2, 0.25) is 0 Å². The molecule has 0 aromatic heterocycles. The van der Waals surface area contributed by atoms with Crippen molar-refractivity contribution in [2.75, 3.05) is 11.5 Å². The van der Waals surface area contributed by atoms with Crippen molar-refractivity contribution in [3.63, 3.8) is 0 Å². The maximum absolute atomic E-state index is 11.6. The molecule has 1 saturated carbocycles. The van der Waals surface area contributed by atoms with Crippen LogP contribution in [0.5, 0.6) is 0 Å². The van der Waals surface area contributed by atoms with Gasteiger partial charge in [-0.2, -0.15) is 11.8 Å². The average molecular weight is 228 g/mol. The highest BCUT2D eigenvalue weighted by atomic mass is 32.2. The molecule has 2 rings (SSSR count). The molecule has 3 heteroatoms. The molecular formula is C12H20O2S. The number of thioether (sulfide) groups is 1. The zero-order valence-corrected chi connectivity index (χ0v) is 10.0. The molecule has 0 spiro atoms. The first-order chi connectivity index (χ1) is 7.26. The lowest BCUT2D eigenvalue weighted by Gasteiger charge is -2.41. The van der Waals surface area contributed by atoms with Crippen LogP contribution in [0.1, 0.15) is 44.9 Å². The van der Waals surface area contributed by atoms with Crippen LogP contribution in [-0.2, 0) is 4.79 Å². The molecule has 86 valence electrons. The van der Waals surface area contributed by atoms with Gasteiger partial charge in [0.25, 0.3) is 0 Å². The summed E-state index contributed by atoms with van der Waals surface area (Å²) in [5, 5.41) is 9.53. The maximum atomic E-state index is 11.6. The molecule has 1 atom stereocenters. The second kappa shape index (κ2) is 4.77. The third-order valence-electron chi connectivity index (χ3n) is 4.11. The highest BCUT2D eigenvalue weighted by Crippen LogP contribution is 2.47. The Morgan fingerprint density at radius 3 is 2.47 bits per heavy atom. The maximum Gasteiger partial charge on any atom is 0.309 e. The summed E-state index contributed by atoms with van der Waals surface area (Å²) in [7, 11) is 0. The lowest BCUT2D eigenvalue weighted by atomic mass is 9.65. The van der Waals surface area contributed by atoms with E-state index in [0.717, 1.165) is 37.9 Å². The van der Waals surface area contributed by atoms with Crippen LogP contribution >= 0.6 is 11.8 Å². The van der Waals surface area contributed by atoms with Crippen LogP contribution in [0.15, 0.2) is 0 Å². The van der Waals surface area contributed by atoms with E-state index in [2.05, 4.69) is 0 Å². The first-order valence-corrected chi connectivity index (χ1v) is 7.22. The van der Waals surface area contributed by atoms with Gasteiger partial charge in [-0.25, -0.2) is 0 Å². The number of hydrogen-bond acceptors (Lipinski definition) is 2. The molecule has 1 N–H and O–H groups in total. The second-order valence-corrected chi connectivity index (χ2v) is 6.09. The molecule has 0 radical (unpaired) electrons. The zero-order valence-electron chi connectivity index (χ0n) is 9.21. The molecule has 15 heavy (non-hydrogen) atoms. The molecule has 1 aliphatic carbocycles. The molecule has 1 saturated heterocycles. The fraction of sp³-hybridized carbons (Fsp3) is 0.917. The number of rotatable bonds is 2. The molecule has 1 unspecified atom stereocenters. The second-order valence-electron chi connectivity index (χ2n) is 4.94. The first-order valence-electron chi connectivity index (χ1n) is 6.07. The van der Waals surface area contributed by atoms with Crippen molar-refractivity contribution in [3.8, 4) is 0 Å². The minimum absolute atomic E-state index is 0.355. The lowest BCUT2D eigenvalue weighted by molar-refractivity contribution is -0.155. The van der Waals surface area contributed by atoms with Gasteiger partial charge in [0, 0.05) is 0 Å². The standard InChI is InChI=1S/C12H20O2S/c13-11(14)12(6-2-1-3-7-12)10-5-4-8-15-9-10/h10H,1-9H2,(H,13,14).